The Morgan fingerprint density at radius 3 is 2.82 bits per heavy atom. The fraction of sp³-hybridized carbons (Fsp3) is 0.500. The second-order valence-electron chi connectivity index (χ2n) is 8.02. The molecule has 1 heterocycles. The van der Waals surface area contributed by atoms with E-state index in [4.69, 9.17) is 0 Å². The SMILES string of the molecule is C=C[C@@]1(C)CC[C@H]2[C@H](c3c[nH]c4cccc(c34)C2(C)C)[C@H]1O. The zero-order valence-electron chi connectivity index (χ0n) is 13.7. The molecule has 4 rings (SSSR count). The van der Waals surface area contributed by atoms with E-state index >= 15 is 0 Å². The number of rotatable bonds is 1. The Morgan fingerprint density at radius 1 is 1.32 bits per heavy atom. The number of hydrogen-bond donors (Lipinski definition) is 2. The predicted molar refractivity (Wildman–Crippen MR) is 91.1 cm³/mol. The van der Waals surface area contributed by atoms with Crippen molar-refractivity contribution in [1.29, 1.82) is 0 Å². The van der Waals surface area contributed by atoms with Crippen molar-refractivity contribution >= 4 is 10.9 Å². The second-order valence-corrected chi connectivity index (χ2v) is 8.02. The topological polar surface area (TPSA) is 36.0 Å². The summed E-state index contributed by atoms with van der Waals surface area (Å²) in [5.41, 5.74) is 3.82. The Labute approximate surface area is 132 Å². The van der Waals surface area contributed by atoms with Gasteiger partial charge in [-0.1, -0.05) is 39.0 Å². The average Bonchev–Trinajstić information content (AvgIpc) is 2.92. The van der Waals surface area contributed by atoms with Crippen LogP contribution in [0.2, 0.25) is 0 Å². The van der Waals surface area contributed by atoms with Crippen LogP contribution in [0.15, 0.2) is 37.1 Å². The summed E-state index contributed by atoms with van der Waals surface area (Å²) in [6, 6.07) is 6.55. The number of aliphatic hydroxyl groups is 1. The molecule has 0 amide bonds. The first-order valence-corrected chi connectivity index (χ1v) is 8.32. The number of nitrogens with one attached hydrogen (secondary N) is 1. The number of benzene rings is 1. The van der Waals surface area contributed by atoms with Crippen molar-refractivity contribution < 1.29 is 5.11 Å². The Balaban J connectivity index is 2.00. The van der Waals surface area contributed by atoms with Crippen molar-refractivity contribution in [2.75, 3.05) is 0 Å². The summed E-state index contributed by atoms with van der Waals surface area (Å²) in [4.78, 5) is 3.42. The Morgan fingerprint density at radius 2 is 2.09 bits per heavy atom. The summed E-state index contributed by atoms with van der Waals surface area (Å²) in [6.07, 6.45) is 5.87. The number of fused-ring (bicyclic) bond motifs is 2. The maximum atomic E-state index is 11.2. The lowest BCUT2D eigenvalue weighted by molar-refractivity contribution is -0.0298. The van der Waals surface area contributed by atoms with Crippen molar-refractivity contribution in [3.8, 4) is 0 Å². The van der Waals surface area contributed by atoms with Crippen molar-refractivity contribution in [3.63, 3.8) is 0 Å². The van der Waals surface area contributed by atoms with Gasteiger partial charge >= 0.3 is 0 Å². The summed E-state index contributed by atoms with van der Waals surface area (Å²) < 4.78 is 0. The first kappa shape index (κ1) is 14.1. The smallest absolute Gasteiger partial charge is 0.0700 e. The lowest BCUT2D eigenvalue weighted by Gasteiger charge is -2.53. The van der Waals surface area contributed by atoms with Crippen LogP contribution in [0.1, 0.15) is 50.7 Å². The molecular formula is C20H25NO. The number of hydrogen-bond acceptors (Lipinski definition) is 1. The lowest BCUT2D eigenvalue weighted by Crippen LogP contribution is -2.50. The Kier molecular flexibility index (Phi) is 2.73. The van der Waals surface area contributed by atoms with Gasteiger partial charge in [0.2, 0.25) is 0 Å². The third-order valence-corrected chi connectivity index (χ3v) is 6.63. The van der Waals surface area contributed by atoms with Gasteiger partial charge in [-0.05, 0) is 41.4 Å². The molecule has 2 nitrogen and oxygen atoms in total. The number of H-pyrrole nitrogens is 1. The van der Waals surface area contributed by atoms with Crippen LogP contribution in [0.4, 0.5) is 0 Å². The zero-order chi connectivity index (χ0) is 15.7. The predicted octanol–water partition coefficient (Wildman–Crippen LogP) is 4.51. The molecule has 2 N–H and O–H groups in total. The molecule has 0 unspecified atom stereocenters. The van der Waals surface area contributed by atoms with E-state index in [1.807, 2.05) is 6.08 Å². The van der Waals surface area contributed by atoms with Crippen LogP contribution in [0.5, 0.6) is 0 Å². The molecule has 2 aliphatic carbocycles. The van der Waals surface area contributed by atoms with Gasteiger partial charge in [0.25, 0.3) is 0 Å². The monoisotopic (exact) mass is 295 g/mol. The highest BCUT2D eigenvalue weighted by Gasteiger charge is 2.53. The minimum atomic E-state index is -0.365. The molecule has 0 saturated heterocycles. The molecule has 1 fully saturated rings. The fourth-order valence-electron chi connectivity index (χ4n) is 5.05. The molecule has 0 spiro atoms. The molecule has 2 heteroatoms. The molecule has 2 aromatic rings. The lowest BCUT2D eigenvalue weighted by atomic mass is 9.52. The van der Waals surface area contributed by atoms with Gasteiger partial charge in [0.15, 0.2) is 0 Å². The van der Waals surface area contributed by atoms with Crippen molar-refractivity contribution in [3.05, 3.63) is 48.2 Å². The van der Waals surface area contributed by atoms with Gasteiger partial charge in [0.1, 0.15) is 0 Å². The van der Waals surface area contributed by atoms with E-state index in [0.717, 1.165) is 12.8 Å². The molecule has 116 valence electrons. The van der Waals surface area contributed by atoms with E-state index < -0.39 is 0 Å². The van der Waals surface area contributed by atoms with E-state index in [1.165, 1.54) is 22.0 Å². The van der Waals surface area contributed by atoms with Gasteiger partial charge in [-0.15, -0.1) is 6.58 Å². The minimum absolute atomic E-state index is 0.0862. The van der Waals surface area contributed by atoms with Crippen molar-refractivity contribution in [2.45, 2.75) is 51.0 Å². The third-order valence-electron chi connectivity index (χ3n) is 6.63. The fourth-order valence-corrected chi connectivity index (χ4v) is 5.05. The number of aromatic amines is 1. The van der Waals surface area contributed by atoms with E-state index in [1.54, 1.807) is 0 Å². The van der Waals surface area contributed by atoms with Gasteiger partial charge in [0, 0.05) is 28.4 Å². The largest absolute Gasteiger partial charge is 0.392 e. The highest BCUT2D eigenvalue weighted by Crippen LogP contribution is 2.58. The molecule has 1 saturated carbocycles. The van der Waals surface area contributed by atoms with Crippen LogP contribution in [0.3, 0.4) is 0 Å². The summed E-state index contributed by atoms with van der Waals surface area (Å²) in [6.45, 7) is 10.8. The van der Waals surface area contributed by atoms with Gasteiger partial charge in [-0.25, -0.2) is 0 Å². The molecule has 0 aliphatic heterocycles. The molecule has 22 heavy (non-hydrogen) atoms. The van der Waals surface area contributed by atoms with E-state index in [9.17, 15) is 5.11 Å². The van der Waals surface area contributed by atoms with Gasteiger partial charge in [-0.3, -0.25) is 0 Å². The Bertz CT molecular complexity index is 756. The van der Waals surface area contributed by atoms with Gasteiger partial charge < -0.3 is 10.1 Å². The highest BCUT2D eigenvalue weighted by molar-refractivity contribution is 5.89. The van der Waals surface area contributed by atoms with Gasteiger partial charge in [0.05, 0.1) is 6.10 Å². The van der Waals surface area contributed by atoms with E-state index in [2.05, 4.69) is 56.7 Å². The number of aliphatic hydroxyl groups excluding tert-OH is 1. The van der Waals surface area contributed by atoms with Gasteiger partial charge in [-0.2, -0.15) is 0 Å². The molecule has 2 aliphatic rings. The summed E-state index contributed by atoms with van der Waals surface area (Å²) in [5.74, 6) is 0.667. The molecule has 0 radical (unpaired) electrons. The van der Waals surface area contributed by atoms with Crippen LogP contribution in [0, 0.1) is 11.3 Å². The summed E-state index contributed by atoms with van der Waals surface area (Å²) in [7, 11) is 0. The van der Waals surface area contributed by atoms with Crippen molar-refractivity contribution in [1.82, 2.24) is 4.98 Å². The van der Waals surface area contributed by atoms with E-state index in [-0.39, 0.29) is 22.9 Å². The summed E-state index contributed by atoms with van der Waals surface area (Å²) >= 11 is 0. The summed E-state index contributed by atoms with van der Waals surface area (Å²) in [5, 5.41) is 12.5. The number of aromatic nitrogens is 1. The van der Waals surface area contributed by atoms with Crippen LogP contribution < -0.4 is 0 Å². The maximum Gasteiger partial charge on any atom is 0.0700 e. The molecular weight excluding hydrogens is 270 g/mol. The van der Waals surface area contributed by atoms with Crippen LogP contribution in [-0.2, 0) is 5.41 Å². The normalized spacial score (nSPS) is 36.1. The third kappa shape index (κ3) is 1.54. The quantitative estimate of drug-likeness (QED) is 0.746. The maximum absolute atomic E-state index is 11.2. The van der Waals surface area contributed by atoms with E-state index in [0.29, 0.717) is 5.92 Å². The molecule has 1 aromatic heterocycles. The first-order chi connectivity index (χ1) is 10.4. The molecule has 4 atom stereocenters. The zero-order valence-corrected chi connectivity index (χ0v) is 13.7. The highest BCUT2D eigenvalue weighted by atomic mass is 16.3. The molecule has 1 aromatic carbocycles. The van der Waals surface area contributed by atoms with Crippen molar-refractivity contribution in [2.24, 2.45) is 11.3 Å². The van der Waals surface area contributed by atoms with Crippen LogP contribution in [-0.4, -0.2) is 16.2 Å². The Hall–Kier alpha value is -1.54. The minimum Gasteiger partial charge on any atom is -0.392 e. The second kappa shape index (κ2) is 4.26. The molecule has 0 bridgehead atoms. The standard InChI is InChI=1S/C20H25NO/c1-5-20(4)10-9-14-17(18(20)22)12-11-21-15-8-6-7-13(16(12)15)19(14,2)3/h5-8,11,14,17-18,21-22H,1,9-10H2,2-4H3/t14-,17-,18+,20-/m0/s1. The first-order valence-electron chi connectivity index (χ1n) is 8.32. The average molecular weight is 295 g/mol. The van der Waals surface area contributed by atoms with Crippen LogP contribution >= 0.6 is 0 Å². The van der Waals surface area contributed by atoms with Crippen LogP contribution in [0.25, 0.3) is 10.9 Å².